The van der Waals surface area contributed by atoms with Crippen LogP contribution in [0.15, 0.2) is 0 Å². The number of hydrogen-bond donors (Lipinski definition) is 1. The Morgan fingerprint density at radius 3 is 2.05 bits per heavy atom. The van der Waals surface area contributed by atoms with Crippen LogP contribution < -0.4 is 5.32 Å². The molecule has 19 heavy (non-hydrogen) atoms. The smallest absolute Gasteiger partial charge is 0.0827 e. The summed E-state index contributed by atoms with van der Waals surface area (Å²) in [6.45, 7) is 7.54. The van der Waals surface area contributed by atoms with Crippen molar-refractivity contribution in [1.29, 1.82) is 0 Å². The molecule has 0 bridgehead atoms. The van der Waals surface area contributed by atoms with E-state index in [4.69, 9.17) is 0 Å². The summed E-state index contributed by atoms with van der Waals surface area (Å²) in [5.41, 5.74) is 3.57. The third-order valence-corrected chi connectivity index (χ3v) is 3.84. The third-order valence-electron chi connectivity index (χ3n) is 3.84. The van der Waals surface area contributed by atoms with E-state index in [-0.39, 0.29) is 0 Å². The topological polar surface area (TPSA) is 29.9 Å². The van der Waals surface area contributed by atoms with Crippen LogP contribution in [0.2, 0.25) is 0 Å². The quantitative estimate of drug-likeness (QED) is 0.627. The summed E-state index contributed by atoms with van der Waals surface area (Å²) in [6, 6.07) is 0. The molecular weight excluding hydrogens is 234 g/mol. The second-order valence-electron chi connectivity index (χ2n) is 5.57. The predicted molar refractivity (Wildman–Crippen MR) is 83.8 cm³/mol. The maximum Gasteiger partial charge on any atom is 0.0827 e. The number of unbranched alkanes of at least 4 members (excludes halogenated alkanes) is 7. The largest absolute Gasteiger partial charge is 0.382 e. The van der Waals surface area contributed by atoms with Crippen molar-refractivity contribution in [2.45, 2.75) is 72.1 Å². The Hall–Kier alpha value is -0.990. The molecule has 1 heterocycles. The molecule has 3 nitrogen and oxygen atoms in total. The first-order valence-corrected chi connectivity index (χ1v) is 7.91. The van der Waals surface area contributed by atoms with Crippen molar-refractivity contribution in [2.24, 2.45) is 7.05 Å². The highest BCUT2D eigenvalue weighted by atomic mass is 15.3. The highest BCUT2D eigenvalue weighted by Crippen LogP contribution is 2.18. The first-order valence-electron chi connectivity index (χ1n) is 7.91. The minimum Gasteiger partial charge on any atom is -0.382 e. The van der Waals surface area contributed by atoms with Gasteiger partial charge in [-0.15, -0.1) is 0 Å². The molecule has 0 aliphatic heterocycles. The molecule has 0 spiro atoms. The van der Waals surface area contributed by atoms with Gasteiger partial charge in [0.05, 0.1) is 17.1 Å². The van der Waals surface area contributed by atoms with Crippen molar-refractivity contribution in [3.8, 4) is 0 Å². The lowest BCUT2D eigenvalue weighted by atomic mass is 10.1. The molecule has 1 rings (SSSR count). The molecule has 0 aliphatic carbocycles. The molecule has 1 aromatic heterocycles. The van der Waals surface area contributed by atoms with Gasteiger partial charge in [-0.2, -0.15) is 5.10 Å². The summed E-state index contributed by atoms with van der Waals surface area (Å²) >= 11 is 0. The number of aryl methyl sites for hydroxylation is 2. The zero-order chi connectivity index (χ0) is 14.1. The Kier molecular flexibility index (Phi) is 7.61. The van der Waals surface area contributed by atoms with Gasteiger partial charge < -0.3 is 5.32 Å². The molecule has 0 saturated carbocycles. The molecule has 0 unspecified atom stereocenters. The minimum atomic E-state index is 1.07. The molecule has 110 valence electrons. The number of nitrogens with zero attached hydrogens (tertiary/aromatic N) is 2. The Morgan fingerprint density at radius 2 is 1.53 bits per heavy atom. The number of aromatic nitrogens is 2. The van der Waals surface area contributed by atoms with Crippen molar-refractivity contribution < 1.29 is 0 Å². The SMILES string of the molecule is CCCCCCCCCCNc1c(C)nn(C)c1C. The van der Waals surface area contributed by atoms with Gasteiger partial charge in [-0.1, -0.05) is 51.9 Å². The second kappa shape index (κ2) is 9.00. The van der Waals surface area contributed by atoms with Crippen molar-refractivity contribution >= 4 is 5.69 Å². The highest BCUT2D eigenvalue weighted by molar-refractivity contribution is 5.51. The van der Waals surface area contributed by atoms with Crippen LogP contribution in [0, 0.1) is 13.8 Å². The number of hydrogen-bond acceptors (Lipinski definition) is 2. The van der Waals surface area contributed by atoms with E-state index in [0.29, 0.717) is 0 Å². The summed E-state index contributed by atoms with van der Waals surface area (Å²) in [6.07, 6.45) is 11.0. The molecule has 0 amide bonds. The molecule has 1 N–H and O–H groups in total. The van der Waals surface area contributed by atoms with Crippen molar-refractivity contribution in [1.82, 2.24) is 9.78 Å². The lowest BCUT2D eigenvalue weighted by Crippen LogP contribution is -2.03. The maximum absolute atomic E-state index is 4.42. The van der Waals surface area contributed by atoms with Gasteiger partial charge in [0.15, 0.2) is 0 Å². The summed E-state index contributed by atoms with van der Waals surface area (Å²) in [4.78, 5) is 0. The van der Waals surface area contributed by atoms with Crippen molar-refractivity contribution in [3.63, 3.8) is 0 Å². The van der Waals surface area contributed by atoms with E-state index in [0.717, 1.165) is 12.2 Å². The van der Waals surface area contributed by atoms with Gasteiger partial charge >= 0.3 is 0 Å². The van der Waals surface area contributed by atoms with Gasteiger partial charge in [-0.3, -0.25) is 4.68 Å². The number of nitrogens with one attached hydrogen (secondary N) is 1. The molecule has 0 aliphatic rings. The van der Waals surface area contributed by atoms with E-state index in [9.17, 15) is 0 Å². The zero-order valence-electron chi connectivity index (χ0n) is 13.3. The Bertz CT molecular complexity index is 355. The van der Waals surface area contributed by atoms with Gasteiger partial charge in [-0.25, -0.2) is 0 Å². The predicted octanol–water partition coefficient (Wildman–Crippen LogP) is 4.59. The van der Waals surface area contributed by atoms with E-state index in [1.807, 2.05) is 11.7 Å². The van der Waals surface area contributed by atoms with E-state index in [2.05, 4.69) is 31.2 Å². The van der Waals surface area contributed by atoms with Crippen LogP contribution in [0.25, 0.3) is 0 Å². The average molecular weight is 265 g/mol. The van der Waals surface area contributed by atoms with Crippen molar-refractivity contribution in [2.75, 3.05) is 11.9 Å². The van der Waals surface area contributed by atoms with E-state index in [1.54, 1.807) is 0 Å². The molecule has 0 atom stereocenters. The summed E-state index contributed by atoms with van der Waals surface area (Å²) in [5.74, 6) is 0. The van der Waals surface area contributed by atoms with Crippen LogP contribution in [0.3, 0.4) is 0 Å². The lowest BCUT2D eigenvalue weighted by molar-refractivity contribution is 0.581. The van der Waals surface area contributed by atoms with E-state index < -0.39 is 0 Å². The highest BCUT2D eigenvalue weighted by Gasteiger charge is 2.07. The van der Waals surface area contributed by atoms with Gasteiger partial charge in [0, 0.05) is 13.6 Å². The van der Waals surface area contributed by atoms with Crippen LogP contribution in [0.1, 0.15) is 69.7 Å². The molecule has 1 aromatic rings. The van der Waals surface area contributed by atoms with Crippen LogP contribution in [0.4, 0.5) is 5.69 Å². The fourth-order valence-electron chi connectivity index (χ4n) is 2.50. The lowest BCUT2D eigenvalue weighted by Gasteiger charge is -2.06. The Balaban J connectivity index is 2.05. The molecule has 3 heteroatoms. The first-order chi connectivity index (χ1) is 9.16. The van der Waals surface area contributed by atoms with E-state index in [1.165, 1.54) is 62.7 Å². The Morgan fingerprint density at radius 1 is 0.947 bits per heavy atom. The maximum atomic E-state index is 4.42. The van der Waals surface area contributed by atoms with Crippen molar-refractivity contribution in [3.05, 3.63) is 11.4 Å². The summed E-state index contributed by atoms with van der Waals surface area (Å²) < 4.78 is 1.95. The zero-order valence-corrected chi connectivity index (χ0v) is 13.3. The number of rotatable bonds is 10. The second-order valence-corrected chi connectivity index (χ2v) is 5.57. The summed E-state index contributed by atoms with van der Waals surface area (Å²) in [5, 5.41) is 7.95. The fraction of sp³-hybridized carbons (Fsp3) is 0.812. The van der Waals surface area contributed by atoms with Gasteiger partial charge in [-0.05, 0) is 20.3 Å². The molecule has 0 saturated heterocycles. The van der Waals surface area contributed by atoms with Crippen LogP contribution in [-0.4, -0.2) is 16.3 Å². The standard InChI is InChI=1S/C16H31N3/c1-5-6-7-8-9-10-11-12-13-17-16-14(2)18-19(4)15(16)3/h17H,5-13H2,1-4H3. The summed E-state index contributed by atoms with van der Waals surface area (Å²) in [7, 11) is 2.00. The van der Waals surface area contributed by atoms with E-state index >= 15 is 0 Å². The van der Waals surface area contributed by atoms with Gasteiger partial charge in [0.25, 0.3) is 0 Å². The number of anilines is 1. The molecule has 0 fully saturated rings. The average Bonchev–Trinajstić information content (AvgIpc) is 2.63. The molecule has 0 radical (unpaired) electrons. The van der Waals surface area contributed by atoms with Crippen LogP contribution in [-0.2, 0) is 7.05 Å². The minimum absolute atomic E-state index is 1.07. The van der Waals surface area contributed by atoms with Gasteiger partial charge in [0.1, 0.15) is 0 Å². The normalized spacial score (nSPS) is 10.9. The van der Waals surface area contributed by atoms with Crippen LogP contribution >= 0.6 is 0 Å². The third kappa shape index (κ3) is 5.66. The first kappa shape index (κ1) is 16.1. The monoisotopic (exact) mass is 265 g/mol. The fourth-order valence-corrected chi connectivity index (χ4v) is 2.50. The van der Waals surface area contributed by atoms with Crippen LogP contribution in [0.5, 0.6) is 0 Å². The van der Waals surface area contributed by atoms with Gasteiger partial charge in [0.2, 0.25) is 0 Å². The Labute approximate surface area is 118 Å². The molecule has 0 aromatic carbocycles. The molecular formula is C16H31N3.